The summed E-state index contributed by atoms with van der Waals surface area (Å²) in [5.41, 5.74) is 4.06. The summed E-state index contributed by atoms with van der Waals surface area (Å²) in [4.78, 5) is 13.2. The molecule has 0 bridgehead atoms. The number of rotatable bonds is 12. The highest BCUT2D eigenvalue weighted by molar-refractivity contribution is 5.44. The highest BCUT2D eigenvalue weighted by Crippen LogP contribution is 2.10. The first-order valence-corrected chi connectivity index (χ1v) is 7.76. The molecule has 0 unspecified atom stereocenters. The van der Waals surface area contributed by atoms with Gasteiger partial charge in [0.25, 0.3) is 0 Å². The van der Waals surface area contributed by atoms with Crippen molar-refractivity contribution in [1.82, 2.24) is 10.5 Å². The van der Waals surface area contributed by atoms with Crippen LogP contribution >= 0.6 is 0 Å². The van der Waals surface area contributed by atoms with E-state index in [4.69, 9.17) is 9.68 Å². The van der Waals surface area contributed by atoms with E-state index >= 15 is 0 Å². The van der Waals surface area contributed by atoms with Crippen LogP contribution in [-0.4, -0.2) is 51.5 Å². The number of nitrogens with zero attached hydrogens (tertiary/aromatic N) is 2. The van der Waals surface area contributed by atoms with Crippen LogP contribution in [0.25, 0.3) is 0 Å². The van der Waals surface area contributed by atoms with Crippen LogP contribution in [0.1, 0.15) is 20.3 Å². The van der Waals surface area contributed by atoms with Gasteiger partial charge in [-0.25, -0.2) is 5.48 Å². The minimum Gasteiger partial charge on any atom is -0.373 e. The van der Waals surface area contributed by atoms with Crippen LogP contribution < -0.4 is 10.4 Å². The summed E-state index contributed by atoms with van der Waals surface area (Å²) in [6, 6.07) is 10.4. The predicted molar refractivity (Wildman–Crippen MR) is 87.2 cm³/mol. The SMILES string of the molecule is CCNOCCCON(CC)CCN(C)c1ccccc1. The number of benzene rings is 1. The van der Waals surface area contributed by atoms with Gasteiger partial charge in [-0.2, -0.15) is 5.06 Å². The maximum absolute atomic E-state index is 5.76. The third-order valence-electron chi connectivity index (χ3n) is 3.15. The van der Waals surface area contributed by atoms with Crippen LogP contribution in [0.4, 0.5) is 5.69 Å². The molecule has 1 N–H and O–H groups in total. The van der Waals surface area contributed by atoms with Crippen molar-refractivity contribution in [2.24, 2.45) is 0 Å². The van der Waals surface area contributed by atoms with Gasteiger partial charge in [0.05, 0.1) is 13.2 Å². The van der Waals surface area contributed by atoms with Gasteiger partial charge >= 0.3 is 0 Å². The Morgan fingerprint density at radius 2 is 1.81 bits per heavy atom. The van der Waals surface area contributed by atoms with Crippen LogP contribution in [-0.2, 0) is 9.68 Å². The number of para-hydroxylation sites is 1. The van der Waals surface area contributed by atoms with E-state index < -0.39 is 0 Å². The van der Waals surface area contributed by atoms with Crippen LogP contribution in [0.3, 0.4) is 0 Å². The molecule has 5 nitrogen and oxygen atoms in total. The first-order chi connectivity index (χ1) is 10.3. The lowest BCUT2D eigenvalue weighted by Crippen LogP contribution is -2.33. The van der Waals surface area contributed by atoms with Gasteiger partial charge in [-0.1, -0.05) is 32.0 Å². The predicted octanol–water partition coefficient (Wildman–Crippen LogP) is 2.31. The highest BCUT2D eigenvalue weighted by Gasteiger charge is 2.05. The summed E-state index contributed by atoms with van der Waals surface area (Å²) < 4.78 is 0. The topological polar surface area (TPSA) is 37.0 Å². The van der Waals surface area contributed by atoms with E-state index in [9.17, 15) is 0 Å². The third kappa shape index (κ3) is 8.02. The molecule has 0 radical (unpaired) electrons. The van der Waals surface area contributed by atoms with Crippen molar-refractivity contribution in [1.29, 1.82) is 0 Å². The summed E-state index contributed by atoms with van der Waals surface area (Å²) in [5, 5.41) is 2.01. The lowest BCUT2D eigenvalue weighted by atomic mass is 10.3. The van der Waals surface area contributed by atoms with Gasteiger partial charge in [0.2, 0.25) is 0 Å². The number of hydrogen-bond acceptors (Lipinski definition) is 5. The Hall–Kier alpha value is -1.14. The van der Waals surface area contributed by atoms with Crippen LogP contribution in [0, 0.1) is 0 Å². The fourth-order valence-corrected chi connectivity index (χ4v) is 1.89. The normalized spacial score (nSPS) is 11.0. The Kier molecular flexibility index (Phi) is 9.82. The summed E-state index contributed by atoms with van der Waals surface area (Å²) in [7, 11) is 2.10. The fraction of sp³-hybridized carbons (Fsp3) is 0.625. The number of anilines is 1. The van der Waals surface area contributed by atoms with Gasteiger partial charge in [-0.15, -0.1) is 0 Å². The fourth-order valence-electron chi connectivity index (χ4n) is 1.89. The standard InChI is InChI=1S/C16H29N3O2/c1-4-17-20-14-9-15-21-19(5-2)13-12-18(3)16-10-7-6-8-11-16/h6-8,10-11,17H,4-5,9,12-15H2,1-3H3. The zero-order valence-corrected chi connectivity index (χ0v) is 13.5. The molecule has 0 heterocycles. The molecular weight excluding hydrogens is 266 g/mol. The van der Waals surface area contributed by atoms with Gasteiger partial charge in [0.1, 0.15) is 0 Å². The maximum atomic E-state index is 5.76. The minimum atomic E-state index is 0.676. The van der Waals surface area contributed by atoms with Gasteiger partial charge in [0.15, 0.2) is 0 Å². The maximum Gasteiger partial charge on any atom is 0.0707 e. The first-order valence-electron chi connectivity index (χ1n) is 7.76. The Morgan fingerprint density at radius 1 is 1.05 bits per heavy atom. The second-order valence-electron chi connectivity index (χ2n) is 4.81. The summed E-state index contributed by atoms with van der Waals surface area (Å²) in [6.07, 6.45) is 0.887. The molecule has 0 aliphatic carbocycles. The van der Waals surface area contributed by atoms with Crippen molar-refractivity contribution < 1.29 is 9.68 Å². The summed E-state index contributed by atoms with van der Waals surface area (Å²) >= 11 is 0. The molecule has 0 atom stereocenters. The van der Waals surface area contributed by atoms with Crippen LogP contribution in [0.15, 0.2) is 30.3 Å². The van der Waals surface area contributed by atoms with Crippen molar-refractivity contribution in [3.05, 3.63) is 30.3 Å². The van der Waals surface area contributed by atoms with Crippen molar-refractivity contribution in [3.63, 3.8) is 0 Å². The quantitative estimate of drug-likeness (QED) is 0.473. The van der Waals surface area contributed by atoms with Crippen molar-refractivity contribution in [2.75, 3.05) is 51.3 Å². The zero-order chi connectivity index (χ0) is 15.3. The molecule has 0 fully saturated rings. The molecule has 120 valence electrons. The lowest BCUT2D eigenvalue weighted by Gasteiger charge is -2.25. The summed E-state index contributed by atoms with van der Waals surface area (Å²) in [6.45, 7) is 9.02. The molecule has 0 aromatic heterocycles. The Balaban J connectivity index is 2.16. The Labute approximate surface area is 128 Å². The van der Waals surface area contributed by atoms with E-state index in [1.54, 1.807) is 0 Å². The number of hydroxylamine groups is 3. The average molecular weight is 295 g/mol. The molecule has 0 aliphatic rings. The van der Waals surface area contributed by atoms with E-state index in [1.165, 1.54) is 5.69 Å². The molecule has 0 saturated carbocycles. The second kappa shape index (κ2) is 11.5. The van der Waals surface area contributed by atoms with Gasteiger partial charge in [-0.05, 0) is 18.6 Å². The number of nitrogens with one attached hydrogen (secondary N) is 1. The number of hydrogen-bond donors (Lipinski definition) is 1. The largest absolute Gasteiger partial charge is 0.373 e. The molecule has 1 aromatic rings. The zero-order valence-electron chi connectivity index (χ0n) is 13.5. The molecular formula is C16H29N3O2. The van der Waals surface area contributed by atoms with E-state index in [0.29, 0.717) is 13.2 Å². The van der Waals surface area contributed by atoms with Gasteiger partial charge in [0, 0.05) is 38.9 Å². The van der Waals surface area contributed by atoms with Gasteiger partial charge in [-0.3, -0.25) is 4.84 Å². The smallest absolute Gasteiger partial charge is 0.0707 e. The van der Waals surface area contributed by atoms with Crippen molar-refractivity contribution in [2.45, 2.75) is 20.3 Å². The average Bonchev–Trinajstić information content (AvgIpc) is 2.54. The highest BCUT2D eigenvalue weighted by atomic mass is 16.7. The summed E-state index contributed by atoms with van der Waals surface area (Å²) in [5.74, 6) is 0. The Bertz CT molecular complexity index is 349. The van der Waals surface area contributed by atoms with E-state index in [2.05, 4.69) is 48.6 Å². The van der Waals surface area contributed by atoms with Crippen molar-refractivity contribution in [3.8, 4) is 0 Å². The monoisotopic (exact) mass is 295 g/mol. The third-order valence-corrected chi connectivity index (χ3v) is 3.15. The van der Waals surface area contributed by atoms with Crippen LogP contribution in [0.5, 0.6) is 0 Å². The number of likely N-dealkylation sites (N-methyl/N-ethyl adjacent to an activating group) is 2. The van der Waals surface area contributed by atoms with Crippen molar-refractivity contribution >= 4 is 5.69 Å². The van der Waals surface area contributed by atoms with Gasteiger partial charge < -0.3 is 9.74 Å². The second-order valence-corrected chi connectivity index (χ2v) is 4.81. The first kappa shape index (κ1) is 17.9. The molecule has 0 aliphatic heterocycles. The lowest BCUT2D eigenvalue weighted by molar-refractivity contribution is -0.158. The minimum absolute atomic E-state index is 0.676. The molecule has 1 rings (SSSR count). The van der Waals surface area contributed by atoms with Crippen LogP contribution in [0.2, 0.25) is 0 Å². The molecule has 21 heavy (non-hydrogen) atoms. The van der Waals surface area contributed by atoms with E-state index in [-0.39, 0.29) is 0 Å². The van der Waals surface area contributed by atoms with E-state index in [0.717, 1.165) is 32.6 Å². The Morgan fingerprint density at radius 3 is 2.48 bits per heavy atom. The molecule has 5 heteroatoms. The molecule has 0 spiro atoms. The molecule has 1 aromatic carbocycles. The van der Waals surface area contributed by atoms with E-state index in [1.807, 2.05) is 18.1 Å². The molecule has 0 saturated heterocycles. The molecule has 0 amide bonds.